The minimum atomic E-state index is -0.263. The van der Waals surface area contributed by atoms with Crippen LogP contribution < -0.4 is 0 Å². The lowest BCUT2D eigenvalue weighted by Gasteiger charge is -2.01. The first-order chi connectivity index (χ1) is 12.0. The molecule has 3 nitrogen and oxygen atoms in total. The predicted octanol–water partition coefficient (Wildman–Crippen LogP) is 5.37. The number of hydrogen-bond donors (Lipinski definition) is 0. The maximum Gasteiger partial charge on any atom is 0.197 e. The second-order valence-electron chi connectivity index (χ2n) is 5.93. The Kier molecular flexibility index (Phi) is 3.66. The van der Waals surface area contributed by atoms with E-state index in [2.05, 4.69) is 0 Å². The molecule has 2 aromatic carbocycles. The number of furan rings is 1. The van der Waals surface area contributed by atoms with Crippen molar-refractivity contribution in [2.45, 2.75) is 6.92 Å². The molecule has 1 aliphatic carbocycles. The molecule has 0 atom stereocenters. The number of fused-ring (bicyclic) bond motifs is 1. The lowest BCUT2D eigenvalue weighted by atomic mass is 10.1. The Balaban J connectivity index is 1.70. The van der Waals surface area contributed by atoms with E-state index in [1.165, 1.54) is 6.08 Å². The van der Waals surface area contributed by atoms with Crippen LogP contribution in [0.15, 0.2) is 64.6 Å². The molecule has 0 fully saturated rings. The minimum absolute atomic E-state index is 0.134. The fourth-order valence-corrected chi connectivity index (χ4v) is 3.05. The van der Waals surface area contributed by atoms with Gasteiger partial charge < -0.3 is 4.42 Å². The molecule has 0 aliphatic heterocycles. The van der Waals surface area contributed by atoms with Crippen molar-refractivity contribution in [3.8, 4) is 11.3 Å². The van der Waals surface area contributed by atoms with Crippen LogP contribution in [-0.2, 0) is 0 Å². The van der Waals surface area contributed by atoms with Crippen LogP contribution in [0.3, 0.4) is 0 Å². The van der Waals surface area contributed by atoms with Crippen LogP contribution in [0.2, 0.25) is 5.02 Å². The number of Topliss-reactive ketones (excluding diaryl/α,β-unsaturated/α-hetero) is 2. The van der Waals surface area contributed by atoms with Gasteiger partial charge in [-0.05, 0) is 48.9 Å². The average Bonchev–Trinajstić information content (AvgIpc) is 3.17. The Morgan fingerprint density at radius 3 is 2.24 bits per heavy atom. The molecule has 3 aromatic rings. The number of aryl methyl sites for hydroxylation is 1. The molecule has 1 heterocycles. The monoisotopic (exact) mass is 348 g/mol. The quantitative estimate of drug-likeness (QED) is 0.462. The van der Waals surface area contributed by atoms with Crippen molar-refractivity contribution in [2.24, 2.45) is 0 Å². The number of benzene rings is 2. The average molecular weight is 349 g/mol. The van der Waals surface area contributed by atoms with Crippen LogP contribution in [-0.4, -0.2) is 11.6 Å². The Hall–Kier alpha value is -2.91. The number of carbonyl (C=O) groups is 2. The van der Waals surface area contributed by atoms with E-state index in [-0.39, 0.29) is 17.1 Å². The fourth-order valence-electron chi connectivity index (χ4n) is 2.93. The first-order valence-electron chi connectivity index (χ1n) is 7.81. The van der Waals surface area contributed by atoms with E-state index in [1.54, 1.807) is 30.3 Å². The van der Waals surface area contributed by atoms with Crippen LogP contribution in [0.5, 0.6) is 0 Å². The third-order valence-electron chi connectivity index (χ3n) is 4.26. The van der Waals surface area contributed by atoms with Gasteiger partial charge in [-0.1, -0.05) is 35.9 Å². The summed E-state index contributed by atoms with van der Waals surface area (Å²) >= 11 is 6.05. The maximum absolute atomic E-state index is 12.4. The van der Waals surface area contributed by atoms with Crippen LogP contribution in [0.1, 0.15) is 32.0 Å². The maximum atomic E-state index is 12.4. The van der Waals surface area contributed by atoms with E-state index in [0.717, 1.165) is 11.1 Å². The SMILES string of the molecule is Cc1cc(-c2ccc(C=C3C(=O)c4ccccc4C3=O)o2)ccc1Cl. The van der Waals surface area contributed by atoms with Crippen LogP contribution >= 0.6 is 11.6 Å². The standard InChI is InChI=1S/C21H13ClO3/c1-12-10-13(6-8-18(12)22)19-9-7-14(25-19)11-17-20(23)15-4-2-3-5-16(15)21(17)24/h2-11H,1H3. The largest absolute Gasteiger partial charge is 0.457 e. The molecule has 0 unspecified atom stereocenters. The molecule has 0 amide bonds. The van der Waals surface area contributed by atoms with Crippen molar-refractivity contribution in [1.82, 2.24) is 0 Å². The van der Waals surface area contributed by atoms with E-state index in [0.29, 0.717) is 27.7 Å². The van der Waals surface area contributed by atoms with Gasteiger partial charge in [-0.2, -0.15) is 0 Å². The highest BCUT2D eigenvalue weighted by Gasteiger charge is 2.32. The summed E-state index contributed by atoms with van der Waals surface area (Å²) in [5.41, 5.74) is 2.86. The van der Waals surface area contributed by atoms with Crippen molar-refractivity contribution in [2.75, 3.05) is 0 Å². The summed E-state index contributed by atoms with van der Waals surface area (Å²) in [6.07, 6.45) is 1.51. The summed E-state index contributed by atoms with van der Waals surface area (Å²) in [4.78, 5) is 24.8. The van der Waals surface area contributed by atoms with Gasteiger partial charge in [0, 0.05) is 21.7 Å². The summed E-state index contributed by atoms with van der Waals surface area (Å²) in [6.45, 7) is 1.92. The summed E-state index contributed by atoms with van der Waals surface area (Å²) in [5.74, 6) is 0.593. The predicted molar refractivity (Wildman–Crippen MR) is 97.0 cm³/mol. The third kappa shape index (κ3) is 2.63. The summed E-state index contributed by atoms with van der Waals surface area (Å²) in [7, 11) is 0. The van der Waals surface area contributed by atoms with Crippen molar-refractivity contribution >= 4 is 29.2 Å². The molecule has 4 rings (SSSR count). The summed E-state index contributed by atoms with van der Waals surface area (Å²) in [6, 6.07) is 16.0. The van der Waals surface area contributed by atoms with Gasteiger partial charge in [0.1, 0.15) is 11.5 Å². The van der Waals surface area contributed by atoms with Crippen LogP contribution in [0, 0.1) is 6.92 Å². The molecule has 4 heteroatoms. The van der Waals surface area contributed by atoms with Crippen molar-refractivity contribution in [1.29, 1.82) is 0 Å². The van der Waals surface area contributed by atoms with E-state index in [4.69, 9.17) is 16.0 Å². The van der Waals surface area contributed by atoms with Crippen LogP contribution in [0.25, 0.3) is 17.4 Å². The van der Waals surface area contributed by atoms with E-state index in [1.807, 2.05) is 31.2 Å². The molecule has 0 spiro atoms. The number of rotatable bonds is 2. The van der Waals surface area contributed by atoms with Gasteiger partial charge in [0.25, 0.3) is 0 Å². The number of allylic oxidation sites excluding steroid dienone is 1. The molecule has 0 bridgehead atoms. The zero-order valence-electron chi connectivity index (χ0n) is 13.4. The van der Waals surface area contributed by atoms with Gasteiger partial charge in [-0.15, -0.1) is 0 Å². The zero-order valence-corrected chi connectivity index (χ0v) is 14.1. The van der Waals surface area contributed by atoms with Crippen molar-refractivity contribution < 1.29 is 14.0 Å². The molecular formula is C21H13ClO3. The van der Waals surface area contributed by atoms with Gasteiger partial charge in [0.2, 0.25) is 0 Å². The number of halogens is 1. The summed E-state index contributed by atoms with van der Waals surface area (Å²) < 4.78 is 5.80. The molecule has 1 aliphatic rings. The highest BCUT2D eigenvalue weighted by molar-refractivity contribution is 6.41. The molecular weight excluding hydrogens is 336 g/mol. The zero-order chi connectivity index (χ0) is 17.6. The van der Waals surface area contributed by atoms with E-state index < -0.39 is 0 Å². The summed E-state index contributed by atoms with van der Waals surface area (Å²) in [5, 5.41) is 0.692. The minimum Gasteiger partial charge on any atom is -0.457 e. The third-order valence-corrected chi connectivity index (χ3v) is 4.69. The lowest BCUT2D eigenvalue weighted by Crippen LogP contribution is -1.99. The van der Waals surface area contributed by atoms with Crippen molar-refractivity contribution in [3.05, 3.63) is 87.6 Å². The highest BCUT2D eigenvalue weighted by Crippen LogP contribution is 2.30. The normalized spacial score (nSPS) is 13.3. The van der Waals surface area contributed by atoms with Gasteiger partial charge in [-0.3, -0.25) is 9.59 Å². The fraction of sp³-hybridized carbons (Fsp3) is 0.0476. The highest BCUT2D eigenvalue weighted by atomic mass is 35.5. The number of hydrogen-bond acceptors (Lipinski definition) is 3. The topological polar surface area (TPSA) is 47.3 Å². The molecule has 0 N–H and O–H groups in total. The Morgan fingerprint density at radius 2 is 1.60 bits per heavy atom. The van der Waals surface area contributed by atoms with Gasteiger partial charge in [0.05, 0.1) is 5.57 Å². The second kappa shape index (κ2) is 5.87. The van der Waals surface area contributed by atoms with Crippen LogP contribution in [0.4, 0.5) is 0 Å². The molecule has 25 heavy (non-hydrogen) atoms. The Labute approximate surface area is 149 Å². The van der Waals surface area contributed by atoms with Gasteiger partial charge >= 0.3 is 0 Å². The van der Waals surface area contributed by atoms with E-state index >= 15 is 0 Å². The van der Waals surface area contributed by atoms with Gasteiger partial charge in [0.15, 0.2) is 11.6 Å². The number of carbonyl (C=O) groups excluding carboxylic acids is 2. The molecule has 0 radical (unpaired) electrons. The Morgan fingerprint density at radius 1 is 0.920 bits per heavy atom. The Bertz CT molecular complexity index is 1020. The first-order valence-corrected chi connectivity index (χ1v) is 8.19. The molecule has 0 saturated heterocycles. The van der Waals surface area contributed by atoms with Gasteiger partial charge in [-0.25, -0.2) is 0 Å². The molecule has 1 aromatic heterocycles. The smallest absolute Gasteiger partial charge is 0.197 e. The van der Waals surface area contributed by atoms with Crippen molar-refractivity contribution in [3.63, 3.8) is 0 Å². The second-order valence-corrected chi connectivity index (χ2v) is 6.34. The first kappa shape index (κ1) is 15.6. The molecule has 122 valence electrons. The van der Waals surface area contributed by atoms with E-state index in [9.17, 15) is 9.59 Å². The molecule has 0 saturated carbocycles. The number of ketones is 2. The lowest BCUT2D eigenvalue weighted by molar-refractivity contribution is 0.0990.